The van der Waals surface area contributed by atoms with Crippen LogP contribution >= 0.6 is 11.3 Å². The summed E-state index contributed by atoms with van der Waals surface area (Å²) in [5.41, 5.74) is 12.4. The minimum absolute atomic E-state index is 0.0754. The number of hydrogen-bond donors (Lipinski definition) is 2. The number of benzene rings is 2. The van der Waals surface area contributed by atoms with Crippen molar-refractivity contribution in [3.8, 4) is 22.4 Å². The van der Waals surface area contributed by atoms with Crippen LogP contribution in [-0.4, -0.2) is 16.9 Å². The largest absolute Gasteiger partial charge is 0.397 e. The van der Waals surface area contributed by atoms with Crippen LogP contribution in [0, 0.1) is 6.92 Å². The number of nitrogens with two attached hydrogens (primary N) is 1. The fourth-order valence-corrected chi connectivity index (χ4v) is 5.53. The van der Waals surface area contributed by atoms with E-state index in [0.29, 0.717) is 10.6 Å². The Morgan fingerprint density at radius 2 is 1.72 bits per heavy atom. The van der Waals surface area contributed by atoms with Gasteiger partial charge in [0.15, 0.2) is 0 Å². The smallest absolute Gasteiger partial charge is 0.263 e. The maximum absolute atomic E-state index is 13.1. The SMILES string of the molecule is Cc1ccc(-c2cc(-c3ccccc3)nc3sc(C(=O)NC4CCCCC4)c(N)c23)cc1. The van der Waals surface area contributed by atoms with Gasteiger partial charge < -0.3 is 11.1 Å². The number of aromatic nitrogens is 1. The van der Waals surface area contributed by atoms with E-state index in [-0.39, 0.29) is 11.9 Å². The first kappa shape index (κ1) is 20.7. The second-order valence-corrected chi connectivity index (χ2v) is 9.62. The summed E-state index contributed by atoms with van der Waals surface area (Å²) in [6.45, 7) is 2.08. The van der Waals surface area contributed by atoms with E-state index < -0.39 is 0 Å². The zero-order chi connectivity index (χ0) is 22.1. The van der Waals surface area contributed by atoms with Crippen molar-refractivity contribution >= 4 is 33.1 Å². The Bertz CT molecular complexity index is 1260. The number of hydrogen-bond acceptors (Lipinski definition) is 4. The topological polar surface area (TPSA) is 68.0 Å². The van der Waals surface area contributed by atoms with E-state index in [1.165, 1.54) is 36.2 Å². The normalized spacial score (nSPS) is 14.5. The molecule has 1 aliphatic rings. The third-order valence-electron chi connectivity index (χ3n) is 6.28. The van der Waals surface area contributed by atoms with E-state index in [4.69, 9.17) is 10.7 Å². The molecule has 0 unspecified atom stereocenters. The average molecular weight is 442 g/mol. The number of rotatable bonds is 4. The lowest BCUT2D eigenvalue weighted by Gasteiger charge is -2.22. The van der Waals surface area contributed by atoms with Gasteiger partial charge in [0.1, 0.15) is 9.71 Å². The molecule has 0 bridgehead atoms. The van der Waals surface area contributed by atoms with Gasteiger partial charge in [-0.3, -0.25) is 4.79 Å². The summed E-state index contributed by atoms with van der Waals surface area (Å²) >= 11 is 1.39. The van der Waals surface area contributed by atoms with Gasteiger partial charge in [-0.15, -0.1) is 11.3 Å². The zero-order valence-corrected chi connectivity index (χ0v) is 19.0. The third-order valence-corrected chi connectivity index (χ3v) is 7.38. The summed E-state index contributed by atoms with van der Waals surface area (Å²) in [7, 11) is 0. The van der Waals surface area contributed by atoms with Crippen molar-refractivity contribution in [2.45, 2.75) is 45.1 Å². The Morgan fingerprint density at radius 3 is 2.44 bits per heavy atom. The lowest BCUT2D eigenvalue weighted by atomic mass is 9.95. The third kappa shape index (κ3) is 4.00. The molecule has 4 aromatic rings. The van der Waals surface area contributed by atoms with Gasteiger partial charge in [-0.25, -0.2) is 4.98 Å². The molecule has 1 fully saturated rings. The van der Waals surface area contributed by atoms with E-state index >= 15 is 0 Å². The van der Waals surface area contributed by atoms with Crippen LogP contribution in [0.3, 0.4) is 0 Å². The lowest BCUT2D eigenvalue weighted by molar-refractivity contribution is 0.0932. The maximum Gasteiger partial charge on any atom is 0.263 e. The Morgan fingerprint density at radius 1 is 1.00 bits per heavy atom. The van der Waals surface area contributed by atoms with Crippen molar-refractivity contribution in [2.24, 2.45) is 0 Å². The Kier molecular flexibility index (Phi) is 5.66. The molecule has 5 heteroatoms. The summed E-state index contributed by atoms with van der Waals surface area (Å²) in [4.78, 5) is 19.4. The van der Waals surface area contributed by atoms with Crippen LogP contribution in [0.4, 0.5) is 5.69 Å². The lowest BCUT2D eigenvalue weighted by Crippen LogP contribution is -2.36. The Hall–Kier alpha value is -3.18. The molecule has 5 rings (SSSR count). The van der Waals surface area contributed by atoms with Crippen LogP contribution in [0.2, 0.25) is 0 Å². The van der Waals surface area contributed by atoms with Gasteiger partial charge >= 0.3 is 0 Å². The number of carbonyl (C=O) groups is 1. The minimum atomic E-state index is -0.0754. The first-order valence-corrected chi connectivity index (χ1v) is 12.1. The molecule has 2 heterocycles. The van der Waals surface area contributed by atoms with Crippen LogP contribution in [0.5, 0.6) is 0 Å². The molecule has 2 aromatic heterocycles. The number of pyridine rings is 1. The van der Waals surface area contributed by atoms with Crippen molar-refractivity contribution in [3.05, 3.63) is 71.1 Å². The minimum Gasteiger partial charge on any atom is -0.397 e. The molecule has 2 aromatic carbocycles. The number of thiophene rings is 1. The van der Waals surface area contributed by atoms with Gasteiger partial charge in [0, 0.05) is 17.0 Å². The van der Waals surface area contributed by atoms with Crippen molar-refractivity contribution in [1.82, 2.24) is 10.3 Å². The number of nitrogens with zero attached hydrogens (tertiary/aromatic N) is 1. The predicted octanol–water partition coefficient (Wildman–Crippen LogP) is 6.58. The molecule has 0 spiro atoms. The fraction of sp³-hybridized carbons (Fsp3) is 0.259. The van der Waals surface area contributed by atoms with Crippen molar-refractivity contribution in [2.75, 3.05) is 5.73 Å². The number of amides is 1. The van der Waals surface area contributed by atoms with Crippen LogP contribution in [0.1, 0.15) is 47.3 Å². The van der Waals surface area contributed by atoms with E-state index in [0.717, 1.165) is 45.4 Å². The monoisotopic (exact) mass is 441 g/mol. The number of nitrogens with one attached hydrogen (secondary N) is 1. The highest BCUT2D eigenvalue weighted by atomic mass is 32.1. The summed E-state index contributed by atoms with van der Waals surface area (Å²) in [5.74, 6) is -0.0754. The first-order valence-electron chi connectivity index (χ1n) is 11.3. The van der Waals surface area contributed by atoms with E-state index in [9.17, 15) is 4.79 Å². The van der Waals surface area contributed by atoms with Crippen molar-refractivity contribution in [1.29, 1.82) is 0 Å². The van der Waals surface area contributed by atoms with Gasteiger partial charge in [-0.05, 0) is 37.0 Å². The molecule has 1 aliphatic carbocycles. The predicted molar refractivity (Wildman–Crippen MR) is 134 cm³/mol. The zero-order valence-electron chi connectivity index (χ0n) is 18.2. The number of anilines is 1. The molecule has 4 nitrogen and oxygen atoms in total. The molecule has 3 N–H and O–H groups in total. The molecule has 0 radical (unpaired) electrons. The highest BCUT2D eigenvalue weighted by molar-refractivity contribution is 7.21. The summed E-state index contributed by atoms with van der Waals surface area (Å²) < 4.78 is 0. The van der Waals surface area contributed by atoms with Crippen LogP contribution in [-0.2, 0) is 0 Å². The second-order valence-electron chi connectivity index (χ2n) is 8.62. The van der Waals surface area contributed by atoms with E-state index in [2.05, 4.69) is 54.7 Å². The van der Waals surface area contributed by atoms with Gasteiger partial charge in [-0.2, -0.15) is 0 Å². The quantitative estimate of drug-likeness (QED) is 0.376. The van der Waals surface area contributed by atoms with Gasteiger partial charge in [0.25, 0.3) is 5.91 Å². The molecular formula is C27H27N3OS. The van der Waals surface area contributed by atoms with Crippen LogP contribution < -0.4 is 11.1 Å². The molecule has 0 saturated heterocycles. The van der Waals surface area contributed by atoms with Crippen LogP contribution in [0.15, 0.2) is 60.7 Å². The molecule has 1 saturated carbocycles. The maximum atomic E-state index is 13.1. The van der Waals surface area contributed by atoms with Crippen LogP contribution in [0.25, 0.3) is 32.6 Å². The number of fused-ring (bicyclic) bond motifs is 1. The molecule has 1 amide bonds. The number of nitrogen functional groups attached to an aromatic ring is 1. The molecular weight excluding hydrogens is 414 g/mol. The molecule has 0 aliphatic heterocycles. The Balaban J connectivity index is 1.63. The highest BCUT2D eigenvalue weighted by Crippen LogP contribution is 2.41. The molecule has 162 valence electrons. The van der Waals surface area contributed by atoms with E-state index in [1.54, 1.807) is 0 Å². The molecule has 0 atom stereocenters. The molecule has 32 heavy (non-hydrogen) atoms. The average Bonchev–Trinajstić information content (AvgIpc) is 3.17. The fourth-order valence-electron chi connectivity index (χ4n) is 4.51. The highest BCUT2D eigenvalue weighted by Gasteiger charge is 2.24. The summed E-state index contributed by atoms with van der Waals surface area (Å²) in [6.07, 6.45) is 5.69. The first-order chi connectivity index (χ1) is 15.6. The van der Waals surface area contributed by atoms with Crippen molar-refractivity contribution < 1.29 is 4.79 Å². The Labute approximate surface area is 192 Å². The summed E-state index contributed by atoms with van der Waals surface area (Å²) in [6, 6.07) is 20.9. The van der Waals surface area contributed by atoms with Crippen molar-refractivity contribution in [3.63, 3.8) is 0 Å². The van der Waals surface area contributed by atoms with Gasteiger partial charge in [0.05, 0.1) is 11.4 Å². The standard InChI is InChI=1S/C27H27N3OS/c1-17-12-14-18(15-13-17)21-16-22(19-8-4-2-5-9-19)30-27-23(21)24(28)25(32-27)26(31)29-20-10-6-3-7-11-20/h2,4-5,8-9,12-16,20H,3,6-7,10-11,28H2,1H3,(H,29,31). The van der Waals surface area contributed by atoms with E-state index in [1.807, 2.05) is 18.2 Å². The van der Waals surface area contributed by atoms with Gasteiger partial charge in [0.2, 0.25) is 0 Å². The number of aryl methyl sites for hydroxylation is 1. The summed E-state index contributed by atoms with van der Waals surface area (Å²) in [5, 5.41) is 4.08. The number of carbonyl (C=O) groups excluding carboxylic acids is 1. The second kappa shape index (κ2) is 8.75. The van der Waals surface area contributed by atoms with Gasteiger partial charge in [-0.1, -0.05) is 79.4 Å².